The molecule has 0 aliphatic heterocycles. The summed E-state index contributed by atoms with van der Waals surface area (Å²) >= 11 is 7.06. The fourth-order valence-electron chi connectivity index (χ4n) is 1.92. The van der Waals surface area contributed by atoms with E-state index in [1.807, 2.05) is 6.92 Å². The number of hydrogen-bond donors (Lipinski definition) is 1. The Morgan fingerprint density at radius 1 is 1.30 bits per heavy atom. The van der Waals surface area contributed by atoms with Crippen LogP contribution in [-0.4, -0.2) is 4.98 Å². The van der Waals surface area contributed by atoms with Crippen LogP contribution in [0.3, 0.4) is 0 Å². The molecule has 20 heavy (non-hydrogen) atoms. The molecule has 0 aliphatic carbocycles. The third kappa shape index (κ3) is 3.43. The van der Waals surface area contributed by atoms with Crippen LogP contribution in [-0.2, 0) is 19.0 Å². The molecule has 1 aromatic heterocycles. The van der Waals surface area contributed by atoms with Crippen molar-refractivity contribution in [2.24, 2.45) is 0 Å². The Morgan fingerprint density at radius 2 is 2.00 bits per heavy atom. The highest BCUT2D eigenvalue weighted by molar-refractivity contribution is 7.15. The van der Waals surface area contributed by atoms with E-state index >= 15 is 0 Å². The largest absolute Gasteiger partial charge is 0.416 e. The van der Waals surface area contributed by atoms with Crippen LogP contribution in [0.15, 0.2) is 18.2 Å². The summed E-state index contributed by atoms with van der Waals surface area (Å²) in [4.78, 5) is 5.04. The molecule has 0 saturated heterocycles. The lowest BCUT2D eigenvalue weighted by Crippen LogP contribution is -2.05. The second-order valence-corrected chi connectivity index (χ2v) is 5.85. The predicted molar refractivity (Wildman–Crippen MR) is 75.2 cm³/mol. The van der Waals surface area contributed by atoms with Crippen molar-refractivity contribution in [3.8, 4) is 0 Å². The fraction of sp³-hybridized carbons (Fsp3) is 0.308. The molecule has 2 N–H and O–H groups in total. The van der Waals surface area contributed by atoms with Gasteiger partial charge in [0.15, 0.2) is 5.13 Å². The lowest BCUT2D eigenvalue weighted by molar-refractivity contribution is -0.137. The zero-order valence-corrected chi connectivity index (χ0v) is 12.2. The van der Waals surface area contributed by atoms with E-state index in [0.717, 1.165) is 22.7 Å². The molecule has 0 aliphatic rings. The third-order valence-electron chi connectivity index (χ3n) is 2.78. The summed E-state index contributed by atoms with van der Waals surface area (Å²) in [7, 11) is 0. The minimum atomic E-state index is -4.40. The van der Waals surface area contributed by atoms with E-state index < -0.39 is 11.7 Å². The van der Waals surface area contributed by atoms with Crippen LogP contribution in [0.4, 0.5) is 18.3 Å². The van der Waals surface area contributed by atoms with Gasteiger partial charge >= 0.3 is 6.18 Å². The van der Waals surface area contributed by atoms with Gasteiger partial charge in [-0.3, -0.25) is 0 Å². The van der Waals surface area contributed by atoms with Crippen LogP contribution in [0.5, 0.6) is 0 Å². The SMILES string of the molecule is CCc1nc(N)sc1Cc1cc(Cl)cc(C(F)(F)F)c1. The van der Waals surface area contributed by atoms with Crippen LogP contribution in [0, 0.1) is 0 Å². The highest BCUT2D eigenvalue weighted by atomic mass is 35.5. The van der Waals surface area contributed by atoms with Gasteiger partial charge in [-0.05, 0) is 30.2 Å². The average Bonchev–Trinajstić information content (AvgIpc) is 2.67. The summed E-state index contributed by atoms with van der Waals surface area (Å²) in [5.74, 6) is 0. The second-order valence-electron chi connectivity index (χ2n) is 4.30. The maximum Gasteiger partial charge on any atom is 0.416 e. The minimum Gasteiger partial charge on any atom is -0.375 e. The van der Waals surface area contributed by atoms with E-state index in [1.54, 1.807) is 0 Å². The summed E-state index contributed by atoms with van der Waals surface area (Å²) in [5.41, 5.74) is 6.22. The maximum absolute atomic E-state index is 12.7. The Kier molecular flexibility index (Phi) is 4.25. The highest BCUT2D eigenvalue weighted by Gasteiger charge is 2.31. The molecule has 0 saturated carbocycles. The first-order valence-electron chi connectivity index (χ1n) is 5.90. The van der Waals surface area contributed by atoms with Crippen molar-refractivity contribution >= 4 is 28.1 Å². The summed E-state index contributed by atoms with van der Waals surface area (Å²) in [6, 6.07) is 3.57. The zero-order chi connectivity index (χ0) is 14.9. The number of aryl methyl sites for hydroxylation is 1. The van der Waals surface area contributed by atoms with Gasteiger partial charge in [-0.15, -0.1) is 11.3 Å². The molecule has 0 unspecified atom stereocenters. The van der Waals surface area contributed by atoms with Crippen molar-refractivity contribution in [1.82, 2.24) is 4.98 Å². The molecule has 0 amide bonds. The van der Waals surface area contributed by atoms with Crippen LogP contribution in [0.25, 0.3) is 0 Å². The van der Waals surface area contributed by atoms with E-state index in [9.17, 15) is 13.2 Å². The lowest BCUT2D eigenvalue weighted by atomic mass is 10.1. The number of benzene rings is 1. The molecular weight excluding hydrogens is 309 g/mol. The number of nitrogens with two attached hydrogens (primary N) is 1. The predicted octanol–water partition coefficient (Wildman–Crippen LogP) is 4.55. The monoisotopic (exact) mass is 320 g/mol. The average molecular weight is 321 g/mol. The maximum atomic E-state index is 12.7. The number of aromatic nitrogens is 1. The molecule has 7 heteroatoms. The molecule has 0 radical (unpaired) electrons. The number of anilines is 1. The van der Waals surface area contributed by atoms with Gasteiger partial charge in [0.25, 0.3) is 0 Å². The van der Waals surface area contributed by atoms with Crippen molar-refractivity contribution in [2.45, 2.75) is 25.9 Å². The number of alkyl halides is 3. The molecular formula is C13H12ClF3N2S. The first-order valence-corrected chi connectivity index (χ1v) is 7.09. The van der Waals surface area contributed by atoms with E-state index in [-0.39, 0.29) is 5.02 Å². The fourth-order valence-corrected chi connectivity index (χ4v) is 3.13. The molecule has 1 aromatic carbocycles. The van der Waals surface area contributed by atoms with Crippen molar-refractivity contribution in [1.29, 1.82) is 0 Å². The van der Waals surface area contributed by atoms with E-state index in [0.29, 0.717) is 23.5 Å². The summed E-state index contributed by atoms with van der Waals surface area (Å²) in [6.45, 7) is 1.93. The van der Waals surface area contributed by atoms with Crippen LogP contribution >= 0.6 is 22.9 Å². The van der Waals surface area contributed by atoms with Crippen LogP contribution < -0.4 is 5.73 Å². The number of hydrogen-bond acceptors (Lipinski definition) is 3. The first kappa shape index (κ1) is 15.1. The highest BCUT2D eigenvalue weighted by Crippen LogP contribution is 2.33. The number of nitrogens with zero attached hydrogens (tertiary/aromatic N) is 1. The number of rotatable bonds is 3. The van der Waals surface area contributed by atoms with Gasteiger partial charge < -0.3 is 5.73 Å². The van der Waals surface area contributed by atoms with Crippen molar-refractivity contribution in [3.63, 3.8) is 0 Å². The van der Waals surface area contributed by atoms with Gasteiger partial charge in [0, 0.05) is 16.3 Å². The Morgan fingerprint density at radius 3 is 2.60 bits per heavy atom. The van der Waals surface area contributed by atoms with Gasteiger partial charge in [-0.2, -0.15) is 13.2 Å². The third-order valence-corrected chi connectivity index (χ3v) is 3.92. The van der Waals surface area contributed by atoms with Gasteiger partial charge in [-0.25, -0.2) is 4.98 Å². The van der Waals surface area contributed by atoms with E-state index in [1.165, 1.54) is 17.4 Å². The molecule has 1 heterocycles. The number of thiazole rings is 1. The van der Waals surface area contributed by atoms with E-state index in [2.05, 4.69) is 4.98 Å². The Balaban J connectivity index is 2.36. The van der Waals surface area contributed by atoms with Crippen molar-refractivity contribution in [2.75, 3.05) is 5.73 Å². The Hall–Kier alpha value is -1.27. The van der Waals surface area contributed by atoms with Gasteiger partial charge in [0.2, 0.25) is 0 Å². The van der Waals surface area contributed by atoms with Crippen LogP contribution in [0.2, 0.25) is 5.02 Å². The quantitative estimate of drug-likeness (QED) is 0.901. The normalized spacial score (nSPS) is 11.8. The number of nitrogen functional groups attached to an aromatic ring is 1. The molecule has 0 atom stereocenters. The topological polar surface area (TPSA) is 38.9 Å². The zero-order valence-electron chi connectivity index (χ0n) is 10.6. The van der Waals surface area contributed by atoms with Crippen LogP contribution in [0.1, 0.15) is 28.6 Å². The first-order chi connectivity index (χ1) is 9.29. The molecule has 2 nitrogen and oxygen atoms in total. The number of halogens is 4. The lowest BCUT2D eigenvalue weighted by Gasteiger charge is -2.09. The van der Waals surface area contributed by atoms with E-state index in [4.69, 9.17) is 17.3 Å². The second kappa shape index (κ2) is 5.61. The molecule has 0 bridgehead atoms. The van der Waals surface area contributed by atoms with Gasteiger partial charge in [-0.1, -0.05) is 18.5 Å². The summed E-state index contributed by atoms with van der Waals surface area (Å²) in [5, 5.41) is 0.500. The minimum absolute atomic E-state index is 0.0744. The molecule has 2 aromatic rings. The van der Waals surface area contributed by atoms with Gasteiger partial charge in [0.05, 0.1) is 11.3 Å². The molecule has 0 fully saturated rings. The summed E-state index contributed by atoms with van der Waals surface area (Å²) < 4.78 is 38.2. The summed E-state index contributed by atoms with van der Waals surface area (Å²) in [6.07, 6.45) is -3.36. The molecule has 2 rings (SSSR count). The molecule has 0 spiro atoms. The van der Waals surface area contributed by atoms with Gasteiger partial charge in [0.1, 0.15) is 0 Å². The molecule has 108 valence electrons. The standard InChI is InChI=1S/C13H12ClF3N2S/c1-2-10-11(20-12(18)19-10)5-7-3-8(13(15,16)17)6-9(14)4-7/h3-4,6H,2,5H2,1H3,(H2,18,19). The van der Waals surface area contributed by atoms with Crippen molar-refractivity contribution < 1.29 is 13.2 Å². The van der Waals surface area contributed by atoms with Crippen molar-refractivity contribution in [3.05, 3.63) is 44.9 Å². The Labute approximate surface area is 123 Å². The smallest absolute Gasteiger partial charge is 0.375 e. The Bertz CT molecular complexity index is 623.